The number of benzene rings is 2. The van der Waals surface area contributed by atoms with Crippen molar-refractivity contribution in [3.8, 4) is 17.4 Å². The standard InChI is InChI=1S/C26H21N9O4/c1-16-6-17(2-5-21(16)39-23-8-22-33-31-14-35(22)13-29-23)32-24-19-7-18(3-4-20(19)27-12-28-24)38-25(36)34-9-26(10-34)11-37-15-30-26/h2-8,12-15H,9-11H2,1H3,(H,27,28,32). The van der Waals surface area contributed by atoms with Crippen LogP contribution in [0, 0.1) is 6.92 Å². The van der Waals surface area contributed by atoms with Crippen LogP contribution in [0.4, 0.5) is 16.3 Å². The molecule has 0 saturated carbocycles. The number of aromatic nitrogens is 6. The monoisotopic (exact) mass is 523 g/mol. The minimum absolute atomic E-state index is 0.326. The van der Waals surface area contributed by atoms with Crippen LogP contribution in [-0.2, 0) is 4.74 Å². The Hall–Kier alpha value is -5.33. The summed E-state index contributed by atoms with van der Waals surface area (Å²) in [4.78, 5) is 31.6. The van der Waals surface area contributed by atoms with Crippen molar-refractivity contribution in [1.29, 1.82) is 0 Å². The highest BCUT2D eigenvalue weighted by atomic mass is 16.6. The van der Waals surface area contributed by atoms with Crippen LogP contribution in [0.25, 0.3) is 16.6 Å². The van der Waals surface area contributed by atoms with E-state index in [4.69, 9.17) is 14.2 Å². The third-order valence-electron chi connectivity index (χ3n) is 6.61. The molecule has 13 heteroatoms. The van der Waals surface area contributed by atoms with Gasteiger partial charge in [-0.2, -0.15) is 0 Å². The van der Waals surface area contributed by atoms with Crippen LogP contribution in [-0.4, -0.2) is 72.2 Å². The fourth-order valence-corrected chi connectivity index (χ4v) is 4.57. The number of anilines is 2. The van der Waals surface area contributed by atoms with Crippen molar-refractivity contribution in [2.45, 2.75) is 12.5 Å². The Balaban J connectivity index is 1.07. The van der Waals surface area contributed by atoms with E-state index in [1.165, 1.54) is 12.7 Å². The Morgan fingerprint density at radius 3 is 2.85 bits per heavy atom. The van der Waals surface area contributed by atoms with Gasteiger partial charge in [0.05, 0.1) is 18.6 Å². The summed E-state index contributed by atoms with van der Waals surface area (Å²) < 4.78 is 18.5. The third kappa shape index (κ3) is 4.29. The van der Waals surface area contributed by atoms with Gasteiger partial charge >= 0.3 is 6.09 Å². The van der Waals surface area contributed by atoms with E-state index < -0.39 is 6.09 Å². The number of carbonyl (C=O) groups is 1. The van der Waals surface area contributed by atoms with Gasteiger partial charge in [-0.1, -0.05) is 0 Å². The first-order valence-electron chi connectivity index (χ1n) is 12.1. The molecule has 1 N–H and O–H groups in total. The fraction of sp³-hybridized carbons (Fsp3) is 0.192. The average molecular weight is 524 g/mol. The van der Waals surface area contributed by atoms with Gasteiger partial charge in [0.1, 0.15) is 48.4 Å². The van der Waals surface area contributed by atoms with E-state index in [2.05, 4.69) is 35.5 Å². The second-order valence-electron chi connectivity index (χ2n) is 9.43. The summed E-state index contributed by atoms with van der Waals surface area (Å²) in [5.74, 6) is 2.04. The first kappa shape index (κ1) is 22.8. The number of nitrogens with one attached hydrogen (secondary N) is 1. The molecule has 3 aromatic heterocycles. The molecule has 7 rings (SSSR count). The highest BCUT2D eigenvalue weighted by Crippen LogP contribution is 2.32. The van der Waals surface area contributed by atoms with E-state index in [1.807, 2.05) is 25.1 Å². The Labute approximate surface area is 221 Å². The SMILES string of the molecule is Cc1cc(Nc2ncnc3ccc(OC(=O)N4CC5(COC=N5)C4)cc23)ccc1Oc1cc2nncn2cn1. The van der Waals surface area contributed by atoms with Gasteiger partial charge in [-0.05, 0) is 48.9 Å². The van der Waals surface area contributed by atoms with Gasteiger partial charge in [0.15, 0.2) is 12.0 Å². The number of aryl methyl sites for hydroxylation is 1. The van der Waals surface area contributed by atoms with Gasteiger partial charge in [-0.25, -0.2) is 24.7 Å². The van der Waals surface area contributed by atoms with Crippen molar-refractivity contribution in [3.05, 3.63) is 67.0 Å². The Bertz CT molecular complexity index is 1760. The van der Waals surface area contributed by atoms with Gasteiger partial charge in [-0.3, -0.25) is 4.40 Å². The molecule has 2 aliphatic heterocycles. The Morgan fingerprint density at radius 1 is 1.08 bits per heavy atom. The predicted molar refractivity (Wildman–Crippen MR) is 140 cm³/mol. The molecule has 2 aromatic carbocycles. The van der Waals surface area contributed by atoms with Crippen molar-refractivity contribution < 1.29 is 19.0 Å². The summed E-state index contributed by atoms with van der Waals surface area (Å²) in [7, 11) is 0. The molecule has 0 bridgehead atoms. The molecule has 13 nitrogen and oxygen atoms in total. The van der Waals surface area contributed by atoms with Gasteiger partial charge in [0.2, 0.25) is 5.88 Å². The molecule has 1 saturated heterocycles. The number of amides is 1. The molecular weight excluding hydrogens is 502 g/mol. The minimum atomic E-state index is -0.433. The number of carbonyl (C=O) groups excluding carboxylic acids is 1. The second kappa shape index (κ2) is 8.90. The maximum atomic E-state index is 12.6. The maximum Gasteiger partial charge on any atom is 0.415 e. The minimum Gasteiger partial charge on any atom is -0.481 e. The van der Waals surface area contributed by atoms with E-state index in [9.17, 15) is 4.79 Å². The van der Waals surface area contributed by atoms with E-state index in [-0.39, 0.29) is 5.54 Å². The van der Waals surface area contributed by atoms with Gasteiger partial charge < -0.3 is 24.4 Å². The smallest absolute Gasteiger partial charge is 0.415 e. The maximum absolute atomic E-state index is 12.6. The molecule has 5 heterocycles. The normalized spacial score (nSPS) is 15.4. The zero-order valence-corrected chi connectivity index (χ0v) is 20.7. The number of nitrogens with zero attached hydrogens (tertiary/aromatic N) is 8. The van der Waals surface area contributed by atoms with Crippen LogP contribution in [0.1, 0.15) is 5.56 Å². The van der Waals surface area contributed by atoms with Gasteiger partial charge in [-0.15, -0.1) is 10.2 Å². The van der Waals surface area contributed by atoms with Crippen LogP contribution in [0.5, 0.6) is 17.4 Å². The van der Waals surface area contributed by atoms with Gasteiger partial charge in [0.25, 0.3) is 0 Å². The highest BCUT2D eigenvalue weighted by molar-refractivity contribution is 5.92. The van der Waals surface area contributed by atoms with E-state index >= 15 is 0 Å². The molecule has 1 fully saturated rings. The summed E-state index contributed by atoms with van der Waals surface area (Å²) in [6.45, 7) is 3.36. The summed E-state index contributed by atoms with van der Waals surface area (Å²) in [6.07, 6.45) is 5.67. The number of hydrogen-bond acceptors (Lipinski definition) is 11. The quantitative estimate of drug-likeness (QED) is 0.364. The van der Waals surface area contributed by atoms with E-state index in [1.54, 1.807) is 46.2 Å². The molecule has 1 spiro atoms. The molecule has 39 heavy (non-hydrogen) atoms. The lowest BCUT2D eigenvalue weighted by Crippen LogP contribution is -2.63. The second-order valence-corrected chi connectivity index (χ2v) is 9.43. The van der Waals surface area contributed by atoms with E-state index in [0.29, 0.717) is 59.4 Å². The molecule has 0 atom stereocenters. The summed E-state index contributed by atoms with van der Waals surface area (Å²) >= 11 is 0. The zero-order valence-electron chi connectivity index (χ0n) is 20.7. The summed E-state index contributed by atoms with van der Waals surface area (Å²) in [5.41, 5.74) is 2.71. The number of rotatable bonds is 5. The van der Waals surface area contributed by atoms with Crippen molar-refractivity contribution in [3.63, 3.8) is 0 Å². The molecule has 2 aliphatic rings. The topological polar surface area (TPSA) is 141 Å². The molecular formula is C26H21N9O4. The van der Waals surface area contributed by atoms with Crippen molar-refractivity contribution in [1.82, 2.24) is 34.4 Å². The number of likely N-dealkylation sites (tertiary alicyclic amines) is 1. The Kier molecular flexibility index (Phi) is 5.21. The molecule has 0 unspecified atom stereocenters. The first-order chi connectivity index (χ1) is 19.0. The number of hydrogen-bond donors (Lipinski definition) is 1. The summed E-state index contributed by atoms with van der Waals surface area (Å²) in [6, 6.07) is 12.6. The van der Waals surface area contributed by atoms with Crippen molar-refractivity contribution in [2.75, 3.05) is 25.0 Å². The lowest BCUT2D eigenvalue weighted by Gasteiger charge is -2.43. The van der Waals surface area contributed by atoms with E-state index in [0.717, 1.165) is 11.3 Å². The number of fused-ring (bicyclic) bond motifs is 2. The number of ether oxygens (including phenoxy) is 3. The molecule has 1 amide bonds. The highest BCUT2D eigenvalue weighted by Gasteiger charge is 2.48. The third-order valence-corrected chi connectivity index (χ3v) is 6.61. The van der Waals surface area contributed by atoms with Gasteiger partial charge in [0, 0.05) is 17.1 Å². The van der Waals surface area contributed by atoms with Crippen LogP contribution in [0.15, 0.2) is 66.4 Å². The Morgan fingerprint density at radius 2 is 2.00 bits per heavy atom. The average Bonchev–Trinajstić information content (AvgIpc) is 3.60. The molecule has 5 aromatic rings. The van der Waals surface area contributed by atoms with Crippen molar-refractivity contribution >= 4 is 40.5 Å². The van der Waals surface area contributed by atoms with Crippen LogP contribution in [0.2, 0.25) is 0 Å². The van der Waals surface area contributed by atoms with Crippen LogP contribution >= 0.6 is 0 Å². The summed E-state index contributed by atoms with van der Waals surface area (Å²) in [5, 5.41) is 11.9. The largest absolute Gasteiger partial charge is 0.481 e. The molecule has 194 valence electrons. The van der Waals surface area contributed by atoms with Crippen molar-refractivity contribution in [2.24, 2.45) is 4.99 Å². The van der Waals surface area contributed by atoms with Crippen LogP contribution in [0.3, 0.4) is 0 Å². The molecule has 0 radical (unpaired) electrons. The predicted octanol–water partition coefficient (Wildman–Crippen LogP) is 3.52. The fourth-order valence-electron chi connectivity index (χ4n) is 4.57. The molecule has 0 aliphatic carbocycles. The van der Waals surface area contributed by atoms with Crippen LogP contribution < -0.4 is 14.8 Å². The first-order valence-corrected chi connectivity index (χ1v) is 12.1. The number of aliphatic imine (C=N–C) groups is 1. The lowest BCUT2D eigenvalue weighted by atomic mass is 9.93. The lowest BCUT2D eigenvalue weighted by molar-refractivity contribution is 0.0554. The zero-order chi connectivity index (χ0) is 26.4.